The first kappa shape index (κ1) is 13.3. The van der Waals surface area contributed by atoms with E-state index in [1.807, 2.05) is 0 Å². The lowest BCUT2D eigenvalue weighted by Crippen LogP contribution is -2.28. The van der Waals surface area contributed by atoms with Crippen molar-refractivity contribution in [2.24, 2.45) is 5.41 Å². The number of hydrogen-bond donors (Lipinski definition) is 1. The van der Waals surface area contributed by atoms with Crippen LogP contribution in [0.4, 0.5) is 8.78 Å². The quantitative estimate of drug-likeness (QED) is 0.826. The number of hydrogen-bond acceptors (Lipinski definition) is 2. The van der Waals surface area contributed by atoms with E-state index < -0.39 is 35.2 Å². The minimum atomic E-state index is -1.23. The molecule has 17 heavy (non-hydrogen) atoms. The predicted molar refractivity (Wildman–Crippen MR) is 56.7 cm³/mol. The molecule has 1 aromatic rings. The van der Waals surface area contributed by atoms with Crippen LogP contribution in [0.3, 0.4) is 0 Å². The number of Topliss-reactive ketones (excluding diaryl/α,β-unsaturated/α-hetero) is 1. The number of benzene rings is 1. The van der Waals surface area contributed by atoms with E-state index in [9.17, 15) is 18.4 Å². The fourth-order valence-corrected chi connectivity index (χ4v) is 1.50. The molecular formula is C12H12F2O3. The van der Waals surface area contributed by atoms with Gasteiger partial charge < -0.3 is 5.11 Å². The van der Waals surface area contributed by atoms with Crippen molar-refractivity contribution < 1.29 is 23.5 Å². The van der Waals surface area contributed by atoms with Crippen LogP contribution in [0.5, 0.6) is 0 Å². The Morgan fingerprint density at radius 2 is 1.88 bits per heavy atom. The first-order valence-electron chi connectivity index (χ1n) is 4.95. The number of ketones is 1. The van der Waals surface area contributed by atoms with Crippen molar-refractivity contribution >= 4 is 11.8 Å². The lowest BCUT2D eigenvalue weighted by atomic mass is 9.81. The van der Waals surface area contributed by atoms with E-state index in [2.05, 4.69) is 0 Å². The Morgan fingerprint density at radius 1 is 1.29 bits per heavy atom. The van der Waals surface area contributed by atoms with Crippen molar-refractivity contribution in [3.63, 3.8) is 0 Å². The number of carboxylic acids is 1. The highest BCUT2D eigenvalue weighted by Gasteiger charge is 2.32. The molecule has 1 N–H and O–H groups in total. The SMILES string of the molecule is CC(C)(CC(=O)O)C(=O)c1ccc(F)cc1F. The summed E-state index contributed by atoms with van der Waals surface area (Å²) in [5.41, 5.74) is -1.53. The molecule has 5 heteroatoms. The molecule has 0 saturated carbocycles. The fraction of sp³-hybridized carbons (Fsp3) is 0.333. The zero-order valence-corrected chi connectivity index (χ0v) is 9.46. The summed E-state index contributed by atoms with van der Waals surface area (Å²) in [6, 6.07) is 2.59. The van der Waals surface area contributed by atoms with Crippen molar-refractivity contribution in [3.05, 3.63) is 35.4 Å². The van der Waals surface area contributed by atoms with Gasteiger partial charge in [0, 0.05) is 11.5 Å². The second kappa shape index (κ2) is 4.61. The largest absolute Gasteiger partial charge is 0.481 e. The highest BCUT2D eigenvalue weighted by molar-refractivity contribution is 6.01. The van der Waals surface area contributed by atoms with Crippen LogP contribution in [-0.2, 0) is 4.79 Å². The minimum absolute atomic E-state index is 0.294. The summed E-state index contributed by atoms with van der Waals surface area (Å²) in [4.78, 5) is 22.5. The van der Waals surface area contributed by atoms with Crippen molar-refractivity contribution in [1.82, 2.24) is 0 Å². The molecule has 0 atom stereocenters. The molecule has 0 saturated heterocycles. The molecule has 0 amide bonds. The maximum Gasteiger partial charge on any atom is 0.304 e. The molecule has 0 aliphatic heterocycles. The van der Waals surface area contributed by atoms with E-state index >= 15 is 0 Å². The number of carbonyl (C=O) groups excluding carboxylic acids is 1. The van der Waals surface area contributed by atoms with E-state index in [-0.39, 0.29) is 5.56 Å². The monoisotopic (exact) mass is 242 g/mol. The second-order valence-electron chi connectivity index (χ2n) is 4.41. The molecule has 1 aromatic carbocycles. The van der Waals surface area contributed by atoms with E-state index in [1.54, 1.807) is 0 Å². The molecule has 0 bridgehead atoms. The highest BCUT2D eigenvalue weighted by Crippen LogP contribution is 2.27. The van der Waals surface area contributed by atoms with E-state index in [0.29, 0.717) is 6.07 Å². The number of rotatable bonds is 4. The van der Waals surface area contributed by atoms with Crippen LogP contribution >= 0.6 is 0 Å². The van der Waals surface area contributed by atoms with Gasteiger partial charge in [-0.15, -0.1) is 0 Å². The standard InChI is InChI=1S/C12H12F2O3/c1-12(2,6-10(15)16)11(17)8-4-3-7(13)5-9(8)14/h3-5H,6H2,1-2H3,(H,15,16). The van der Waals surface area contributed by atoms with Crippen LogP contribution in [0.15, 0.2) is 18.2 Å². The molecule has 0 spiro atoms. The maximum atomic E-state index is 13.4. The zero-order chi connectivity index (χ0) is 13.2. The average Bonchev–Trinajstić information content (AvgIpc) is 2.14. The first-order valence-corrected chi connectivity index (χ1v) is 4.95. The van der Waals surface area contributed by atoms with Gasteiger partial charge in [-0.1, -0.05) is 13.8 Å². The number of carbonyl (C=O) groups is 2. The summed E-state index contributed by atoms with van der Waals surface area (Å²) >= 11 is 0. The van der Waals surface area contributed by atoms with Gasteiger partial charge in [0.1, 0.15) is 11.6 Å². The zero-order valence-electron chi connectivity index (χ0n) is 9.46. The maximum absolute atomic E-state index is 13.4. The molecule has 0 heterocycles. The van der Waals surface area contributed by atoms with E-state index in [4.69, 9.17) is 5.11 Å². The van der Waals surface area contributed by atoms with Gasteiger partial charge in [0.2, 0.25) is 0 Å². The normalized spacial score (nSPS) is 11.3. The summed E-state index contributed by atoms with van der Waals surface area (Å²) < 4.78 is 26.0. The lowest BCUT2D eigenvalue weighted by molar-refractivity contribution is -0.138. The Hall–Kier alpha value is -1.78. The summed E-state index contributed by atoms with van der Waals surface area (Å²) in [7, 11) is 0. The van der Waals surface area contributed by atoms with Crippen LogP contribution in [0.2, 0.25) is 0 Å². The number of carboxylic acid groups (broad SMARTS) is 1. The molecule has 0 aliphatic rings. The van der Waals surface area contributed by atoms with Gasteiger partial charge >= 0.3 is 5.97 Å². The third-order valence-electron chi connectivity index (χ3n) is 2.38. The Bertz CT molecular complexity index is 467. The van der Waals surface area contributed by atoms with Crippen LogP contribution in [-0.4, -0.2) is 16.9 Å². The molecule has 0 radical (unpaired) electrons. The predicted octanol–water partition coefficient (Wildman–Crippen LogP) is 2.65. The number of aliphatic carboxylic acids is 1. The topological polar surface area (TPSA) is 54.4 Å². The van der Waals surface area contributed by atoms with Crippen LogP contribution in [0, 0.1) is 17.0 Å². The first-order chi connectivity index (χ1) is 7.74. The Balaban J connectivity index is 3.07. The van der Waals surface area contributed by atoms with Gasteiger partial charge in [0.25, 0.3) is 0 Å². The molecule has 0 unspecified atom stereocenters. The van der Waals surface area contributed by atoms with Gasteiger partial charge in [-0.2, -0.15) is 0 Å². The van der Waals surface area contributed by atoms with Gasteiger partial charge in [-0.3, -0.25) is 9.59 Å². The Labute approximate surface area is 97.1 Å². The van der Waals surface area contributed by atoms with Crippen LogP contribution in [0.25, 0.3) is 0 Å². The van der Waals surface area contributed by atoms with Crippen LogP contribution in [0.1, 0.15) is 30.6 Å². The summed E-state index contributed by atoms with van der Waals surface area (Å²) in [5.74, 6) is -3.56. The smallest absolute Gasteiger partial charge is 0.304 e. The highest BCUT2D eigenvalue weighted by atomic mass is 19.1. The summed E-state index contributed by atoms with van der Waals surface area (Å²) in [5, 5.41) is 8.65. The van der Waals surface area contributed by atoms with Gasteiger partial charge in [0.15, 0.2) is 5.78 Å². The Kier molecular flexibility index (Phi) is 3.60. The third kappa shape index (κ3) is 3.09. The molecule has 92 valence electrons. The van der Waals surface area contributed by atoms with Crippen molar-refractivity contribution in [1.29, 1.82) is 0 Å². The molecular weight excluding hydrogens is 230 g/mol. The fourth-order valence-electron chi connectivity index (χ4n) is 1.50. The van der Waals surface area contributed by atoms with Crippen molar-refractivity contribution in [3.8, 4) is 0 Å². The lowest BCUT2D eigenvalue weighted by Gasteiger charge is -2.20. The van der Waals surface area contributed by atoms with Gasteiger partial charge in [-0.05, 0) is 12.1 Å². The van der Waals surface area contributed by atoms with E-state index in [0.717, 1.165) is 12.1 Å². The van der Waals surface area contributed by atoms with Gasteiger partial charge in [-0.25, -0.2) is 8.78 Å². The molecule has 1 rings (SSSR count). The third-order valence-corrected chi connectivity index (χ3v) is 2.38. The summed E-state index contributed by atoms with van der Waals surface area (Å²) in [6.45, 7) is 2.82. The van der Waals surface area contributed by atoms with Crippen molar-refractivity contribution in [2.75, 3.05) is 0 Å². The molecule has 0 fully saturated rings. The van der Waals surface area contributed by atoms with Crippen LogP contribution < -0.4 is 0 Å². The molecule has 0 aliphatic carbocycles. The molecule has 3 nitrogen and oxygen atoms in total. The minimum Gasteiger partial charge on any atom is -0.481 e. The second-order valence-corrected chi connectivity index (χ2v) is 4.41. The molecule has 0 aromatic heterocycles. The van der Waals surface area contributed by atoms with Gasteiger partial charge in [0.05, 0.1) is 12.0 Å². The summed E-state index contributed by atoms with van der Waals surface area (Å²) in [6.07, 6.45) is -0.414. The van der Waals surface area contributed by atoms with E-state index in [1.165, 1.54) is 13.8 Å². The average molecular weight is 242 g/mol. The van der Waals surface area contributed by atoms with Crippen molar-refractivity contribution in [2.45, 2.75) is 20.3 Å². The Morgan fingerprint density at radius 3 is 2.35 bits per heavy atom. The number of halogens is 2.